The lowest BCUT2D eigenvalue weighted by molar-refractivity contribution is 0.0277. The van der Waals surface area contributed by atoms with Gasteiger partial charge in [-0.1, -0.05) is 66.3 Å². The zero-order chi connectivity index (χ0) is 22.0. The highest BCUT2D eigenvalue weighted by atomic mass is 16.3. The molecule has 2 aliphatic rings. The lowest BCUT2D eigenvalue weighted by Crippen LogP contribution is -2.39. The summed E-state index contributed by atoms with van der Waals surface area (Å²) in [6.45, 7) is 17.8. The molecule has 2 saturated carbocycles. The minimum Gasteiger partial charge on any atom is -0.393 e. The summed E-state index contributed by atoms with van der Waals surface area (Å²) in [5, 5.41) is 30.2. The maximum absolute atomic E-state index is 10.2. The Morgan fingerprint density at radius 3 is 2.41 bits per heavy atom. The summed E-state index contributed by atoms with van der Waals surface area (Å²) >= 11 is 0. The minimum absolute atomic E-state index is 0.173. The van der Waals surface area contributed by atoms with Crippen LogP contribution in [-0.2, 0) is 0 Å². The van der Waals surface area contributed by atoms with E-state index in [4.69, 9.17) is 0 Å². The third kappa shape index (κ3) is 5.24. The van der Waals surface area contributed by atoms with Crippen molar-refractivity contribution in [3.05, 3.63) is 36.0 Å². The van der Waals surface area contributed by atoms with Crippen LogP contribution in [0.4, 0.5) is 0 Å². The lowest BCUT2D eigenvalue weighted by Gasteiger charge is -2.46. The van der Waals surface area contributed by atoms with Gasteiger partial charge in [0.25, 0.3) is 0 Å². The van der Waals surface area contributed by atoms with Crippen LogP contribution in [0.5, 0.6) is 0 Å². The zero-order valence-electron chi connectivity index (χ0n) is 19.5. The summed E-state index contributed by atoms with van der Waals surface area (Å²) in [5.74, 6) is 1.38. The van der Waals surface area contributed by atoms with Gasteiger partial charge < -0.3 is 15.3 Å². The van der Waals surface area contributed by atoms with Crippen molar-refractivity contribution in [1.82, 2.24) is 0 Å². The van der Waals surface area contributed by atoms with Crippen molar-refractivity contribution in [3.8, 4) is 0 Å². The minimum atomic E-state index is -0.633. The normalized spacial score (nSPS) is 36.3. The van der Waals surface area contributed by atoms with E-state index in [9.17, 15) is 15.3 Å². The largest absolute Gasteiger partial charge is 0.393 e. The number of hydrogen-bond acceptors (Lipinski definition) is 3. The van der Waals surface area contributed by atoms with E-state index in [-0.39, 0.29) is 16.9 Å². The van der Waals surface area contributed by atoms with Gasteiger partial charge >= 0.3 is 0 Å². The topological polar surface area (TPSA) is 60.7 Å². The van der Waals surface area contributed by atoms with E-state index in [0.717, 1.165) is 24.0 Å². The van der Waals surface area contributed by atoms with Gasteiger partial charge in [0.15, 0.2) is 0 Å². The van der Waals surface area contributed by atoms with Crippen LogP contribution in [0.15, 0.2) is 36.0 Å². The zero-order valence-corrected chi connectivity index (χ0v) is 19.5. The van der Waals surface area contributed by atoms with Crippen LogP contribution in [-0.4, -0.2) is 33.6 Å². The first-order valence-electron chi connectivity index (χ1n) is 11.5. The molecular formula is C26H44O3. The quantitative estimate of drug-likeness (QED) is 0.531. The van der Waals surface area contributed by atoms with E-state index in [1.54, 1.807) is 0 Å². The number of aliphatic hydroxyl groups is 3. The number of rotatable bonds is 7. The van der Waals surface area contributed by atoms with Gasteiger partial charge in [-0.3, -0.25) is 0 Å². The molecule has 0 aromatic heterocycles. The maximum Gasteiger partial charge on any atom is 0.0811 e. The van der Waals surface area contributed by atoms with Crippen LogP contribution >= 0.6 is 0 Å². The molecule has 2 aliphatic carbocycles. The molecule has 0 spiro atoms. The molecule has 3 N–H and O–H groups in total. The van der Waals surface area contributed by atoms with Crippen molar-refractivity contribution in [1.29, 1.82) is 0 Å². The SMILES string of the molecule is C=C1/C(=C/C=C/[C@@H]2CC[C@](C)([C@@H](C)CC[C@@H](O)C(C)C)C2(C)C)C[C@@H](O)C[C@@H]1O. The van der Waals surface area contributed by atoms with Gasteiger partial charge in [-0.05, 0) is 71.8 Å². The van der Waals surface area contributed by atoms with Crippen LogP contribution in [0.25, 0.3) is 0 Å². The fourth-order valence-corrected chi connectivity index (χ4v) is 5.42. The van der Waals surface area contributed by atoms with Crippen molar-refractivity contribution >= 4 is 0 Å². The Kier molecular flexibility index (Phi) is 7.98. The molecule has 0 heterocycles. The highest BCUT2D eigenvalue weighted by Gasteiger charge is 2.52. The van der Waals surface area contributed by atoms with Gasteiger partial charge in [-0.25, -0.2) is 0 Å². The fraction of sp³-hybridized carbons (Fsp3) is 0.769. The molecule has 0 aliphatic heterocycles. The predicted molar refractivity (Wildman–Crippen MR) is 121 cm³/mol. The van der Waals surface area contributed by atoms with E-state index in [2.05, 4.69) is 60.3 Å². The van der Waals surface area contributed by atoms with Gasteiger partial charge in [0.05, 0.1) is 18.3 Å². The second-order valence-corrected chi connectivity index (χ2v) is 10.8. The van der Waals surface area contributed by atoms with E-state index in [1.165, 1.54) is 12.8 Å². The average molecular weight is 405 g/mol. The molecule has 0 unspecified atom stereocenters. The van der Waals surface area contributed by atoms with Gasteiger partial charge in [-0.2, -0.15) is 0 Å². The Morgan fingerprint density at radius 2 is 1.79 bits per heavy atom. The number of hydrogen-bond donors (Lipinski definition) is 3. The van der Waals surface area contributed by atoms with Crippen LogP contribution in [0.1, 0.15) is 80.1 Å². The molecule has 0 amide bonds. The number of aliphatic hydroxyl groups excluding tert-OH is 3. The molecule has 0 radical (unpaired) electrons. The van der Waals surface area contributed by atoms with Crippen molar-refractivity contribution in [2.45, 2.75) is 98.4 Å². The standard InChI is InChI=1S/C26H44O3/c1-17(2)23(28)12-11-18(3)26(7)14-13-21(25(26,5)6)10-8-9-20-15-22(27)16-24(29)19(20)4/h8-10,17-18,21-24,27-29H,4,11-16H2,1-3,5-7H3/b10-8+,20-9+/t18-,21+,22+,23+,24-,26+/m0/s1. The molecule has 0 aromatic rings. The second-order valence-electron chi connectivity index (χ2n) is 10.8. The Hall–Kier alpha value is -0.900. The molecule has 0 aromatic carbocycles. The maximum atomic E-state index is 10.2. The van der Waals surface area contributed by atoms with Crippen molar-refractivity contribution in [2.75, 3.05) is 0 Å². The Labute approximate surface area is 178 Å². The molecule has 6 atom stereocenters. The Morgan fingerprint density at radius 1 is 1.14 bits per heavy atom. The summed E-state index contributed by atoms with van der Waals surface area (Å²) < 4.78 is 0. The van der Waals surface area contributed by atoms with E-state index < -0.39 is 12.2 Å². The Bertz CT molecular complexity index is 630. The third-order valence-electron chi connectivity index (χ3n) is 8.53. The van der Waals surface area contributed by atoms with E-state index >= 15 is 0 Å². The predicted octanol–water partition coefficient (Wildman–Crippen LogP) is 5.42. The van der Waals surface area contributed by atoms with Gasteiger partial charge in [-0.15, -0.1) is 0 Å². The number of allylic oxidation sites excluding steroid dienone is 3. The summed E-state index contributed by atoms with van der Waals surface area (Å²) in [6.07, 6.45) is 10.4. The molecule has 3 heteroatoms. The molecule has 0 saturated heterocycles. The first kappa shape index (κ1) is 24.4. The van der Waals surface area contributed by atoms with Crippen molar-refractivity contribution in [3.63, 3.8) is 0 Å². The highest BCUT2D eigenvalue weighted by molar-refractivity contribution is 5.37. The van der Waals surface area contributed by atoms with Gasteiger partial charge in [0.1, 0.15) is 0 Å². The van der Waals surface area contributed by atoms with Gasteiger partial charge in [0, 0.05) is 6.42 Å². The molecule has 166 valence electrons. The van der Waals surface area contributed by atoms with E-state index in [1.807, 2.05) is 6.08 Å². The Balaban J connectivity index is 2.06. The molecule has 3 nitrogen and oxygen atoms in total. The van der Waals surface area contributed by atoms with Crippen LogP contribution in [0.2, 0.25) is 0 Å². The summed E-state index contributed by atoms with van der Waals surface area (Å²) in [7, 11) is 0. The third-order valence-corrected chi connectivity index (χ3v) is 8.53. The molecule has 29 heavy (non-hydrogen) atoms. The monoisotopic (exact) mass is 404 g/mol. The molecular weight excluding hydrogens is 360 g/mol. The highest BCUT2D eigenvalue weighted by Crippen LogP contribution is 2.60. The van der Waals surface area contributed by atoms with Gasteiger partial charge in [0.2, 0.25) is 0 Å². The smallest absolute Gasteiger partial charge is 0.0811 e. The first-order chi connectivity index (χ1) is 13.4. The lowest BCUT2D eigenvalue weighted by atomic mass is 9.59. The molecule has 2 rings (SSSR count). The first-order valence-corrected chi connectivity index (χ1v) is 11.5. The molecule has 0 bridgehead atoms. The summed E-state index contributed by atoms with van der Waals surface area (Å²) in [6, 6.07) is 0. The van der Waals surface area contributed by atoms with Crippen molar-refractivity contribution < 1.29 is 15.3 Å². The second kappa shape index (κ2) is 9.49. The van der Waals surface area contributed by atoms with Crippen LogP contribution in [0, 0.1) is 28.6 Å². The van der Waals surface area contributed by atoms with Crippen LogP contribution < -0.4 is 0 Å². The van der Waals surface area contributed by atoms with E-state index in [0.29, 0.717) is 30.6 Å². The summed E-state index contributed by atoms with van der Waals surface area (Å²) in [4.78, 5) is 0. The summed E-state index contributed by atoms with van der Waals surface area (Å²) in [5.41, 5.74) is 2.12. The fourth-order valence-electron chi connectivity index (χ4n) is 5.42. The average Bonchev–Trinajstić information content (AvgIpc) is 2.87. The molecule has 2 fully saturated rings. The van der Waals surface area contributed by atoms with Crippen molar-refractivity contribution in [2.24, 2.45) is 28.6 Å². The van der Waals surface area contributed by atoms with Crippen LogP contribution in [0.3, 0.4) is 0 Å².